The first kappa shape index (κ1) is 13.1. The summed E-state index contributed by atoms with van der Waals surface area (Å²) in [5.41, 5.74) is 5.87. The van der Waals surface area contributed by atoms with Gasteiger partial charge in [-0.25, -0.2) is 0 Å². The maximum absolute atomic E-state index is 10.3. The highest BCUT2D eigenvalue weighted by Gasteiger charge is 2.26. The summed E-state index contributed by atoms with van der Waals surface area (Å²) in [5.74, 6) is 0. The molecule has 2 N–H and O–H groups in total. The first-order valence-electron chi connectivity index (χ1n) is 7.78. The summed E-state index contributed by atoms with van der Waals surface area (Å²) in [6, 6.07) is 8.74. The number of hydrogen-bond acceptors (Lipinski definition) is 2. The second-order valence-corrected chi connectivity index (χ2v) is 6.36. The Hall–Kier alpha value is -1.64. The summed E-state index contributed by atoms with van der Waals surface area (Å²) in [6.45, 7) is 2.00. The minimum Gasteiger partial charge on any atom is -0.386 e. The molecular weight excluding hydrogens is 260 g/mol. The second-order valence-electron chi connectivity index (χ2n) is 6.36. The van der Waals surface area contributed by atoms with Gasteiger partial charge in [-0.2, -0.15) is 0 Å². The molecular formula is C19H20O2. The monoisotopic (exact) mass is 280 g/mol. The minimum absolute atomic E-state index is 0.797. The van der Waals surface area contributed by atoms with E-state index in [2.05, 4.69) is 24.3 Å². The van der Waals surface area contributed by atoms with Crippen molar-refractivity contribution in [2.24, 2.45) is 0 Å². The highest BCUT2D eigenvalue weighted by atomic mass is 16.3. The predicted molar refractivity (Wildman–Crippen MR) is 85.2 cm³/mol. The third-order valence-electron chi connectivity index (χ3n) is 5.01. The second kappa shape index (κ2) is 4.69. The fourth-order valence-corrected chi connectivity index (χ4v) is 3.85. The number of aryl methyl sites for hydroxylation is 2. The molecule has 0 unspecified atom stereocenters. The quantitative estimate of drug-likeness (QED) is 0.775. The molecule has 0 radical (unpaired) electrons. The summed E-state index contributed by atoms with van der Waals surface area (Å²) in [7, 11) is 0. The molecule has 21 heavy (non-hydrogen) atoms. The molecule has 0 aromatic heterocycles. The van der Waals surface area contributed by atoms with Crippen molar-refractivity contribution in [1.29, 1.82) is 0 Å². The van der Waals surface area contributed by atoms with Crippen LogP contribution in [0.5, 0.6) is 0 Å². The first-order valence-corrected chi connectivity index (χ1v) is 7.78. The number of allylic oxidation sites excluding steroid dienone is 1. The number of rotatable bonds is 0. The van der Waals surface area contributed by atoms with Crippen LogP contribution in [-0.2, 0) is 12.8 Å². The van der Waals surface area contributed by atoms with E-state index >= 15 is 0 Å². The Balaban J connectivity index is 2.01. The Kier molecular flexibility index (Phi) is 2.91. The standard InChI is InChI=1S/C19H20O2/c1-11-8-18(20)19(21)17-10-16-13(9-15(11)17)7-6-12-4-2-3-5-14(12)16/h6-10,18-21H,2-5H2,1H3/t18-,19-/m0/s1. The number of hydrogen-bond donors (Lipinski definition) is 2. The van der Waals surface area contributed by atoms with Crippen LogP contribution in [-0.4, -0.2) is 16.3 Å². The maximum atomic E-state index is 10.3. The number of aliphatic hydroxyl groups is 2. The summed E-state index contributed by atoms with van der Waals surface area (Å²) >= 11 is 0. The average molecular weight is 280 g/mol. The Morgan fingerprint density at radius 3 is 2.71 bits per heavy atom. The van der Waals surface area contributed by atoms with Crippen LogP contribution in [0, 0.1) is 0 Å². The number of aliphatic hydroxyl groups excluding tert-OH is 2. The van der Waals surface area contributed by atoms with E-state index < -0.39 is 12.2 Å². The molecule has 0 saturated carbocycles. The maximum Gasteiger partial charge on any atom is 0.109 e. The Labute approximate surface area is 124 Å². The van der Waals surface area contributed by atoms with Crippen molar-refractivity contribution in [3.05, 3.63) is 52.6 Å². The Bertz CT molecular complexity index is 758. The van der Waals surface area contributed by atoms with Gasteiger partial charge in [0.2, 0.25) is 0 Å². The minimum atomic E-state index is -0.812. The van der Waals surface area contributed by atoms with Gasteiger partial charge in [-0.1, -0.05) is 12.1 Å². The van der Waals surface area contributed by atoms with Gasteiger partial charge in [0.05, 0.1) is 0 Å². The molecule has 0 fully saturated rings. The molecule has 2 aliphatic carbocycles. The normalized spacial score (nSPS) is 24.4. The highest BCUT2D eigenvalue weighted by Crippen LogP contribution is 2.38. The van der Waals surface area contributed by atoms with Gasteiger partial charge in [0, 0.05) is 0 Å². The summed E-state index contributed by atoms with van der Waals surface area (Å²) in [6.07, 6.45) is 4.93. The van der Waals surface area contributed by atoms with E-state index in [0.717, 1.165) is 29.5 Å². The van der Waals surface area contributed by atoms with Crippen LogP contribution in [0.2, 0.25) is 0 Å². The van der Waals surface area contributed by atoms with Crippen LogP contribution in [0.25, 0.3) is 16.3 Å². The lowest BCUT2D eigenvalue weighted by Gasteiger charge is -2.27. The molecule has 0 amide bonds. The van der Waals surface area contributed by atoms with Gasteiger partial charge < -0.3 is 10.2 Å². The molecule has 2 nitrogen and oxygen atoms in total. The molecule has 0 heterocycles. The van der Waals surface area contributed by atoms with Crippen LogP contribution < -0.4 is 0 Å². The van der Waals surface area contributed by atoms with E-state index in [9.17, 15) is 10.2 Å². The highest BCUT2D eigenvalue weighted by molar-refractivity contribution is 5.91. The number of benzene rings is 2. The average Bonchev–Trinajstić information content (AvgIpc) is 2.51. The molecule has 2 aliphatic rings. The van der Waals surface area contributed by atoms with Crippen LogP contribution in [0.15, 0.2) is 30.3 Å². The van der Waals surface area contributed by atoms with Gasteiger partial charge in [0.1, 0.15) is 12.2 Å². The van der Waals surface area contributed by atoms with E-state index in [1.165, 1.54) is 34.7 Å². The van der Waals surface area contributed by atoms with Crippen molar-refractivity contribution in [1.82, 2.24) is 0 Å². The predicted octanol–water partition coefficient (Wildman–Crippen LogP) is 3.53. The lowest BCUT2D eigenvalue weighted by Crippen LogP contribution is -2.21. The largest absolute Gasteiger partial charge is 0.386 e. The molecule has 2 atom stereocenters. The van der Waals surface area contributed by atoms with Crippen molar-refractivity contribution >= 4 is 16.3 Å². The Morgan fingerprint density at radius 2 is 1.86 bits per heavy atom. The van der Waals surface area contributed by atoms with Crippen molar-refractivity contribution < 1.29 is 10.2 Å². The molecule has 2 aromatic rings. The van der Waals surface area contributed by atoms with E-state index in [0.29, 0.717) is 0 Å². The van der Waals surface area contributed by atoms with Crippen molar-refractivity contribution in [2.75, 3.05) is 0 Å². The summed E-state index contributed by atoms with van der Waals surface area (Å²) in [4.78, 5) is 0. The van der Waals surface area contributed by atoms with Gasteiger partial charge in [-0.15, -0.1) is 0 Å². The van der Waals surface area contributed by atoms with Gasteiger partial charge in [-0.3, -0.25) is 0 Å². The van der Waals surface area contributed by atoms with E-state index in [4.69, 9.17) is 0 Å². The zero-order valence-electron chi connectivity index (χ0n) is 12.3. The van der Waals surface area contributed by atoms with Gasteiger partial charge in [-0.05, 0) is 89.4 Å². The van der Waals surface area contributed by atoms with Crippen LogP contribution in [0.3, 0.4) is 0 Å². The molecule has 0 aliphatic heterocycles. The van der Waals surface area contributed by atoms with Gasteiger partial charge in [0.15, 0.2) is 0 Å². The van der Waals surface area contributed by atoms with Crippen LogP contribution >= 0.6 is 0 Å². The van der Waals surface area contributed by atoms with Crippen LogP contribution in [0.4, 0.5) is 0 Å². The smallest absolute Gasteiger partial charge is 0.109 e. The van der Waals surface area contributed by atoms with Crippen LogP contribution in [0.1, 0.15) is 48.1 Å². The van der Waals surface area contributed by atoms with E-state index in [-0.39, 0.29) is 0 Å². The first-order chi connectivity index (χ1) is 10.1. The molecule has 2 aromatic carbocycles. The topological polar surface area (TPSA) is 40.5 Å². The summed E-state index contributed by atoms with van der Waals surface area (Å²) in [5, 5.41) is 22.8. The molecule has 2 heteroatoms. The fraction of sp³-hybridized carbons (Fsp3) is 0.368. The van der Waals surface area contributed by atoms with Crippen molar-refractivity contribution in [3.63, 3.8) is 0 Å². The van der Waals surface area contributed by atoms with Crippen molar-refractivity contribution in [3.8, 4) is 0 Å². The molecule has 0 saturated heterocycles. The molecule has 108 valence electrons. The zero-order valence-corrected chi connectivity index (χ0v) is 12.3. The van der Waals surface area contributed by atoms with E-state index in [1.54, 1.807) is 6.08 Å². The van der Waals surface area contributed by atoms with Gasteiger partial charge >= 0.3 is 0 Å². The lowest BCUT2D eigenvalue weighted by molar-refractivity contribution is 0.0466. The SMILES string of the molecule is CC1=C[C@H](O)[C@@H](O)c2cc3c4c(ccc3cc21)CCCC4. The molecule has 0 bridgehead atoms. The van der Waals surface area contributed by atoms with Crippen molar-refractivity contribution in [2.45, 2.75) is 44.8 Å². The molecule has 0 spiro atoms. The zero-order chi connectivity index (χ0) is 14.6. The summed E-state index contributed by atoms with van der Waals surface area (Å²) < 4.78 is 0. The lowest BCUT2D eigenvalue weighted by atomic mass is 9.82. The Morgan fingerprint density at radius 1 is 1.05 bits per heavy atom. The fourth-order valence-electron chi connectivity index (χ4n) is 3.85. The third kappa shape index (κ3) is 1.94. The third-order valence-corrected chi connectivity index (χ3v) is 5.01. The van der Waals surface area contributed by atoms with Gasteiger partial charge in [0.25, 0.3) is 0 Å². The number of fused-ring (bicyclic) bond motifs is 4. The van der Waals surface area contributed by atoms with E-state index in [1.807, 2.05) is 6.92 Å². The molecule has 4 rings (SSSR count).